The van der Waals surface area contributed by atoms with E-state index in [2.05, 4.69) is 5.32 Å². The summed E-state index contributed by atoms with van der Waals surface area (Å²) < 4.78 is 5.35. The second-order valence-corrected chi connectivity index (χ2v) is 4.11. The van der Waals surface area contributed by atoms with E-state index < -0.39 is 0 Å². The minimum atomic E-state index is 0.0551. The molecule has 0 aromatic rings. The fourth-order valence-electron chi connectivity index (χ4n) is 1.86. The lowest BCUT2D eigenvalue weighted by Crippen LogP contribution is -2.34. The second kappa shape index (κ2) is 6.80. The molecule has 4 nitrogen and oxygen atoms in total. The number of amides is 1. The van der Waals surface area contributed by atoms with Crippen molar-refractivity contribution in [2.45, 2.75) is 38.7 Å². The fraction of sp³-hybridized carbons (Fsp3) is 0.909. The molecule has 0 aromatic carbocycles. The summed E-state index contributed by atoms with van der Waals surface area (Å²) in [4.78, 5) is 11.7. The van der Waals surface area contributed by atoms with E-state index in [1.165, 1.54) is 0 Å². The van der Waals surface area contributed by atoms with Gasteiger partial charge in [-0.15, -0.1) is 0 Å². The molecule has 1 saturated heterocycles. The summed E-state index contributed by atoms with van der Waals surface area (Å²) in [6.07, 6.45) is 4.08. The van der Waals surface area contributed by atoms with Gasteiger partial charge in [-0.1, -0.05) is 6.42 Å². The maximum Gasteiger partial charge on any atom is 0.225 e. The molecule has 0 spiro atoms. The van der Waals surface area contributed by atoms with Gasteiger partial charge in [0.25, 0.3) is 0 Å². The molecule has 1 aliphatic rings. The van der Waals surface area contributed by atoms with Crippen molar-refractivity contribution in [1.82, 2.24) is 5.32 Å². The quantitative estimate of drug-likeness (QED) is 0.638. The number of nitrogens with one attached hydrogen (secondary N) is 1. The van der Waals surface area contributed by atoms with Crippen LogP contribution in [0.25, 0.3) is 0 Å². The van der Waals surface area contributed by atoms with E-state index in [4.69, 9.17) is 10.5 Å². The fourth-order valence-corrected chi connectivity index (χ4v) is 1.86. The van der Waals surface area contributed by atoms with E-state index in [1.807, 2.05) is 6.92 Å². The van der Waals surface area contributed by atoms with Gasteiger partial charge < -0.3 is 15.8 Å². The summed E-state index contributed by atoms with van der Waals surface area (Å²) in [5.41, 5.74) is 5.38. The predicted octanol–water partition coefficient (Wildman–Crippen LogP) is 0.657. The number of carbonyl (C=O) groups excluding carboxylic acids is 1. The zero-order valence-corrected chi connectivity index (χ0v) is 9.50. The summed E-state index contributed by atoms with van der Waals surface area (Å²) in [6, 6.07) is 0. The number of hydrogen-bond acceptors (Lipinski definition) is 3. The predicted molar refractivity (Wildman–Crippen MR) is 59.4 cm³/mol. The Labute approximate surface area is 91.5 Å². The van der Waals surface area contributed by atoms with Gasteiger partial charge in [0.15, 0.2) is 0 Å². The van der Waals surface area contributed by atoms with Gasteiger partial charge in [-0.05, 0) is 32.7 Å². The molecule has 1 fully saturated rings. The normalized spacial score (nSPS) is 25.5. The van der Waals surface area contributed by atoms with Crippen LogP contribution in [0.15, 0.2) is 0 Å². The smallest absolute Gasteiger partial charge is 0.225 e. The molecule has 2 atom stereocenters. The van der Waals surface area contributed by atoms with Crippen LogP contribution in [0.4, 0.5) is 0 Å². The molecule has 0 radical (unpaired) electrons. The van der Waals surface area contributed by atoms with Crippen LogP contribution in [-0.4, -0.2) is 31.7 Å². The highest BCUT2D eigenvalue weighted by atomic mass is 16.5. The summed E-state index contributed by atoms with van der Waals surface area (Å²) in [5, 5.41) is 2.95. The second-order valence-electron chi connectivity index (χ2n) is 4.11. The minimum absolute atomic E-state index is 0.0551. The van der Waals surface area contributed by atoms with Crippen molar-refractivity contribution >= 4 is 5.91 Å². The highest BCUT2D eigenvalue weighted by Gasteiger charge is 2.30. The van der Waals surface area contributed by atoms with Gasteiger partial charge in [0, 0.05) is 13.2 Å². The molecule has 2 unspecified atom stereocenters. The third kappa shape index (κ3) is 4.18. The first-order valence-corrected chi connectivity index (χ1v) is 5.85. The van der Waals surface area contributed by atoms with Crippen LogP contribution in [0.3, 0.4) is 0 Å². The Morgan fingerprint density at radius 2 is 2.27 bits per heavy atom. The number of nitrogens with two attached hydrogens (primary N) is 1. The van der Waals surface area contributed by atoms with Crippen LogP contribution in [0.2, 0.25) is 0 Å². The molecule has 0 aliphatic carbocycles. The molecule has 1 amide bonds. The van der Waals surface area contributed by atoms with E-state index in [-0.39, 0.29) is 17.9 Å². The third-order valence-corrected chi connectivity index (χ3v) is 2.89. The minimum Gasteiger partial charge on any atom is -0.378 e. The van der Waals surface area contributed by atoms with E-state index in [0.717, 1.165) is 38.8 Å². The molecule has 1 aliphatic heterocycles. The van der Waals surface area contributed by atoms with Crippen molar-refractivity contribution in [3.63, 3.8) is 0 Å². The molecule has 3 N–H and O–H groups in total. The molecular weight excluding hydrogens is 192 g/mol. The summed E-state index contributed by atoms with van der Waals surface area (Å²) in [6.45, 7) is 4.18. The summed E-state index contributed by atoms with van der Waals surface area (Å²) in [5.74, 6) is 0.201. The summed E-state index contributed by atoms with van der Waals surface area (Å²) >= 11 is 0. The molecule has 1 heterocycles. The summed E-state index contributed by atoms with van der Waals surface area (Å²) in [7, 11) is 0. The van der Waals surface area contributed by atoms with E-state index >= 15 is 0 Å². The van der Waals surface area contributed by atoms with Crippen LogP contribution in [0.1, 0.15) is 32.6 Å². The first-order valence-electron chi connectivity index (χ1n) is 5.85. The topological polar surface area (TPSA) is 64.3 Å². The maximum atomic E-state index is 11.7. The SMILES string of the molecule is CC1OCCC1C(=O)NCCCCCN. The maximum absolute atomic E-state index is 11.7. The average Bonchev–Trinajstić information content (AvgIpc) is 2.64. The van der Waals surface area contributed by atoms with Gasteiger partial charge in [0.1, 0.15) is 0 Å². The van der Waals surface area contributed by atoms with Crippen molar-refractivity contribution in [3.8, 4) is 0 Å². The number of unbranched alkanes of at least 4 members (excludes halogenated alkanes) is 2. The van der Waals surface area contributed by atoms with Crippen LogP contribution in [-0.2, 0) is 9.53 Å². The first kappa shape index (κ1) is 12.5. The molecule has 0 bridgehead atoms. The van der Waals surface area contributed by atoms with Gasteiger partial charge in [0.05, 0.1) is 12.0 Å². The van der Waals surface area contributed by atoms with Crippen LogP contribution < -0.4 is 11.1 Å². The van der Waals surface area contributed by atoms with E-state index in [1.54, 1.807) is 0 Å². The van der Waals surface area contributed by atoms with Gasteiger partial charge in [0.2, 0.25) is 5.91 Å². The molecule has 0 saturated carbocycles. The van der Waals surface area contributed by atoms with Crippen molar-refractivity contribution in [3.05, 3.63) is 0 Å². The Bertz CT molecular complexity index is 197. The Morgan fingerprint density at radius 1 is 1.47 bits per heavy atom. The molecule has 4 heteroatoms. The molecule has 0 aromatic heterocycles. The van der Waals surface area contributed by atoms with Crippen LogP contribution in [0, 0.1) is 5.92 Å². The molecule has 15 heavy (non-hydrogen) atoms. The van der Waals surface area contributed by atoms with Crippen molar-refractivity contribution in [2.75, 3.05) is 19.7 Å². The van der Waals surface area contributed by atoms with Gasteiger partial charge >= 0.3 is 0 Å². The average molecular weight is 214 g/mol. The van der Waals surface area contributed by atoms with Gasteiger partial charge in [-0.25, -0.2) is 0 Å². The Balaban J connectivity index is 2.08. The highest BCUT2D eigenvalue weighted by molar-refractivity contribution is 5.79. The van der Waals surface area contributed by atoms with Crippen LogP contribution in [0.5, 0.6) is 0 Å². The monoisotopic (exact) mass is 214 g/mol. The molecule has 88 valence electrons. The number of rotatable bonds is 6. The Hall–Kier alpha value is -0.610. The number of ether oxygens (including phenoxy) is 1. The highest BCUT2D eigenvalue weighted by Crippen LogP contribution is 2.20. The van der Waals surface area contributed by atoms with E-state index in [9.17, 15) is 4.79 Å². The number of hydrogen-bond donors (Lipinski definition) is 2. The lowest BCUT2D eigenvalue weighted by molar-refractivity contribution is -0.126. The van der Waals surface area contributed by atoms with Crippen molar-refractivity contribution in [1.29, 1.82) is 0 Å². The van der Waals surface area contributed by atoms with E-state index in [0.29, 0.717) is 6.61 Å². The standard InChI is InChI=1S/C11H22N2O2/c1-9-10(5-8-15-9)11(14)13-7-4-2-3-6-12/h9-10H,2-8,12H2,1H3,(H,13,14). The Kier molecular flexibility index (Phi) is 5.65. The van der Waals surface area contributed by atoms with Crippen molar-refractivity contribution in [2.24, 2.45) is 11.7 Å². The zero-order valence-electron chi connectivity index (χ0n) is 9.50. The van der Waals surface area contributed by atoms with Gasteiger partial charge in [-0.3, -0.25) is 4.79 Å². The molecular formula is C11H22N2O2. The van der Waals surface area contributed by atoms with Gasteiger partial charge in [-0.2, -0.15) is 0 Å². The van der Waals surface area contributed by atoms with Crippen molar-refractivity contribution < 1.29 is 9.53 Å². The Morgan fingerprint density at radius 3 is 2.87 bits per heavy atom. The lowest BCUT2D eigenvalue weighted by Gasteiger charge is -2.13. The first-order chi connectivity index (χ1) is 7.25. The lowest BCUT2D eigenvalue weighted by atomic mass is 10.0. The molecule has 1 rings (SSSR count). The third-order valence-electron chi connectivity index (χ3n) is 2.89. The number of carbonyl (C=O) groups is 1. The largest absolute Gasteiger partial charge is 0.378 e. The zero-order chi connectivity index (χ0) is 11.1. The van der Waals surface area contributed by atoms with Crippen LogP contribution >= 0.6 is 0 Å².